The highest BCUT2D eigenvalue weighted by Crippen LogP contribution is 2.29. The number of amides is 4. The predicted octanol–water partition coefficient (Wildman–Crippen LogP) is 4.12. The zero-order chi connectivity index (χ0) is 25.8. The molecule has 1 aliphatic heterocycles. The summed E-state index contributed by atoms with van der Waals surface area (Å²) >= 11 is 0. The molecule has 0 aromatic heterocycles. The van der Waals surface area contributed by atoms with Crippen LogP contribution in [-0.4, -0.2) is 41.9 Å². The van der Waals surface area contributed by atoms with E-state index in [1.54, 1.807) is 6.07 Å². The Labute approximate surface area is 205 Å². The van der Waals surface area contributed by atoms with Crippen LogP contribution in [0, 0.1) is 11.6 Å². The number of carbonyl (C=O) groups is 4. The Kier molecular flexibility index (Phi) is 7.05. The maximum absolute atomic E-state index is 13.7. The highest BCUT2D eigenvalue weighted by atomic mass is 19.1. The fourth-order valence-electron chi connectivity index (χ4n) is 3.87. The number of ether oxygens (including phenoxy) is 1. The first kappa shape index (κ1) is 24.5. The second kappa shape index (κ2) is 10.3. The first-order valence-corrected chi connectivity index (χ1v) is 10.9. The lowest BCUT2D eigenvalue weighted by Crippen LogP contribution is -2.37. The van der Waals surface area contributed by atoms with Crippen molar-refractivity contribution < 1.29 is 32.7 Å². The van der Waals surface area contributed by atoms with Gasteiger partial charge < -0.3 is 15.0 Å². The highest BCUT2D eigenvalue weighted by molar-refractivity contribution is 6.22. The minimum Gasteiger partial charge on any atom is -0.465 e. The Bertz CT molecular complexity index is 1310. The van der Waals surface area contributed by atoms with Crippen LogP contribution < -0.4 is 10.2 Å². The molecule has 0 spiro atoms. The third-order valence-corrected chi connectivity index (χ3v) is 5.61. The van der Waals surface area contributed by atoms with Gasteiger partial charge in [0.1, 0.15) is 17.7 Å². The molecule has 1 aliphatic rings. The second-order valence-electron chi connectivity index (χ2n) is 8.03. The number of hydrogen-bond donors (Lipinski definition) is 1. The molecule has 0 unspecified atom stereocenters. The molecule has 0 aliphatic carbocycles. The zero-order valence-electron chi connectivity index (χ0n) is 19.1. The quantitative estimate of drug-likeness (QED) is 0.395. The molecule has 184 valence electrons. The van der Waals surface area contributed by atoms with Gasteiger partial charge in [0.15, 0.2) is 0 Å². The van der Waals surface area contributed by atoms with E-state index in [0.717, 1.165) is 17.0 Å². The van der Waals surface area contributed by atoms with Gasteiger partial charge in [0, 0.05) is 12.2 Å². The van der Waals surface area contributed by atoms with Crippen LogP contribution in [0.5, 0.6) is 0 Å². The fraction of sp³-hybridized carbons (Fsp3) is 0.154. The summed E-state index contributed by atoms with van der Waals surface area (Å²) < 4.78 is 31.8. The van der Waals surface area contributed by atoms with Gasteiger partial charge in [-0.05, 0) is 66.2 Å². The number of urea groups is 1. The number of halogens is 2. The molecule has 1 fully saturated rings. The molecule has 0 saturated carbocycles. The van der Waals surface area contributed by atoms with Crippen LogP contribution in [-0.2, 0) is 20.9 Å². The summed E-state index contributed by atoms with van der Waals surface area (Å²) in [5, 5.41) is 2.63. The summed E-state index contributed by atoms with van der Waals surface area (Å²) in [7, 11) is 1.25. The largest absolute Gasteiger partial charge is 0.465 e. The summed E-state index contributed by atoms with van der Waals surface area (Å²) in [4.78, 5) is 53.0. The first-order chi connectivity index (χ1) is 17.3. The van der Waals surface area contributed by atoms with E-state index in [1.807, 2.05) is 0 Å². The van der Waals surface area contributed by atoms with Crippen LogP contribution in [0.15, 0.2) is 72.8 Å². The lowest BCUT2D eigenvalue weighted by molar-refractivity contribution is -0.124. The Hall–Kier alpha value is -4.60. The van der Waals surface area contributed by atoms with E-state index >= 15 is 0 Å². The Morgan fingerprint density at radius 3 is 2.28 bits per heavy atom. The van der Waals surface area contributed by atoms with Gasteiger partial charge in [0.05, 0.1) is 24.8 Å². The van der Waals surface area contributed by atoms with Gasteiger partial charge in [-0.15, -0.1) is 0 Å². The van der Waals surface area contributed by atoms with Crippen molar-refractivity contribution in [3.8, 4) is 0 Å². The maximum atomic E-state index is 13.7. The van der Waals surface area contributed by atoms with Crippen molar-refractivity contribution in [2.24, 2.45) is 0 Å². The third kappa shape index (κ3) is 5.22. The highest BCUT2D eigenvalue weighted by Gasteiger charge is 2.46. The summed E-state index contributed by atoms with van der Waals surface area (Å²) in [6, 6.07) is 14.4. The van der Waals surface area contributed by atoms with Crippen molar-refractivity contribution in [2.75, 3.05) is 17.3 Å². The van der Waals surface area contributed by atoms with Crippen LogP contribution >= 0.6 is 0 Å². The van der Waals surface area contributed by atoms with E-state index in [1.165, 1.54) is 66.6 Å². The molecule has 8 nitrogen and oxygen atoms in total. The number of rotatable bonds is 7. The molecule has 3 aromatic rings. The van der Waals surface area contributed by atoms with Gasteiger partial charge in [-0.1, -0.05) is 12.1 Å². The number of imide groups is 1. The Balaban J connectivity index is 1.56. The Morgan fingerprint density at radius 2 is 1.64 bits per heavy atom. The van der Waals surface area contributed by atoms with Gasteiger partial charge in [-0.2, -0.15) is 0 Å². The molecule has 1 atom stereocenters. The van der Waals surface area contributed by atoms with E-state index in [9.17, 15) is 28.0 Å². The third-order valence-electron chi connectivity index (χ3n) is 5.61. The number of esters is 1. The lowest BCUT2D eigenvalue weighted by Gasteiger charge is -2.21. The van der Waals surface area contributed by atoms with Crippen molar-refractivity contribution in [1.29, 1.82) is 0 Å². The second-order valence-corrected chi connectivity index (χ2v) is 8.03. The molecule has 1 heterocycles. The van der Waals surface area contributed by atoms with Gasteiger partial charge in [0.25, 0.3) is 5.91 Å². The summed E-state index contributed by atoms with van der Waals surface area (Å²) in [6.07, 6.45) is -0.379. The summed E-state index contributed by atoms with van der Waals surface area (Å²) in [5.41, 5.74) is 1.25. The summed E-state index contributed by atoms with van der Waals surface area (Å²) in [5.74, 6) is -2.80. The monoisotopic (exact) mass is 493 g/mol. The van der Waals surface area contributed by atoms with Crippen molar-refractivity contribution >= 4 is 35.2 Å². The average molecular weight is 493 g/mol. The average Bonchev–Trinajstić information content (AvgIpc) is 3.08. The molecular formula is C26H21F2N3O5. The number of nitrogens with zero attached hydrogens (tertiary/aromatic N) is 2. The van der Waals surface area contributed by atoms with Crippen LogP contribution in [0.1, 0.15) is 22.3 Å². The first-order valence-electron chi connectivity index (χ1n) is 10.9. The maximum Gasteiger partial charge on any atom is 0.337 e. The van der Waals surface area contributed by atoms with E-state index < -0.39 is 41.5 Å². The van der Waals surface area contributed by atoms with Crippen LogP contribution in [0.2, 0.25) is 0 Å². The molecule has 1 saturated heterocycles. The SMILES string of the molecule is COC(=O)c1ccc(NC(=O)C[C@H]2C(=O)N(c3ccc(F)cc3)C(=O)N2Cc2cccc(F)c2)cc1. The predicted molar refractivity (Wildman–Crippen MR) is 126 cm³/mol. The van der Waals surface area contributed by atoms with Crippen LogP contribution in [0.3, 0.4) is 0 Å². The number of hydrogen-bond acceptors (Lipinski definition) is 5. The van der Waals surface area contributed by atoms with Gasteiger partial charge in [-0.25, -0.2) is 23.3 Å². The van der Waals surface area contributed by atoms with E-state index in [0.29, 0.717) is 16.8 Å². The van der Waals surface area contributed by atoms with E-state index in [2.05, 4.69) is 10.1 Å². The van der Waals surface area contributed by atoms with Gasteiger partial charge in [-0.3, -0.25) is 9.59 Å². The van der Waals surface area contributed by atoms with Crippen molar-refractivity contribution in [1.82, 2.24) is 4.90 Å². The molecular weight excluding hydrogens is 472 g/mol. The smallest absolute Gasteiger partial charge is 0.337 e. The number of nitrogens with one attached hydrogen (secondary N) is 1. The van der Waals surface area contributed by atoms with Crippen LogP contribution in [0.4, 0.5) is 25.0 Å². The normalized spacial score (nSPS) is 15.2. The molecule has 1 N–H and O–H groups in total. The molecule has 4 amide bonds. The van der Waals surface area contributed by atoms with Gasteiger partial charge in [0.2, 0.25) is 5.91 Å². The zero-order valence-corrected chi connectivity index (χ0v) is 19.1. The molecule has 0 radical (unpaired) electrons. The molecule has 10 heteroatoms. The number of carbonyl (C=O) groups excluding carboxylic acids is 4. The fourth-order valence-corrected chi connectivity index (χ4v) is 3.87. The summed E-state index contributed by atoms with van der Waals surface area (Å²) in [6.45, 7) is -0.119. The van der Waals surface area contributed by atoms with Crippen LogP contribution in [0.25, 0.3) is 0 Å². The minimum atomic E-state index is -1.18. The van der Waals surface area contributed by atoms with Gasteiger partial charge >= 0.3 is 12.0 Å². The number of benzene rings is 3. The van der Waals surface area contributed by atoms with E-state index in [-0.39, 0.29) is 18.7 Å². The van der Waals surface area contributed by atoms with Crippen molar-refractivity contribution in [3.63, 3.8) is 0 Å². The van der Waals surface area contributed by atoms with Crippen molar-refractivity contribution in [3.05, 3.63) is 95.6 Å². The molecule has 0 bridgehead atoms. The minimum absolute atomic E-state index is 0.119. The topological polar surface area (TPSA) is 96.0 Å². The lowest BCUT2D eigenvalue weighted by atomic mass is 10.1. The van der Waals surface area contributed by atoms with E-state index in [4.69, 9.17) is 0 Å². The standard InChI is InChI=1S/C26H21F2N3O5/c1-36-25(34)17-5-9-20(10-6-17)29-23(32)14-22-24(33)31(21-11-7-18(27)8-12-21)26(35)30(22)15-16-3-2-4-19(28)13-16/h2-13,22H,14-15H2,1H3,(H,29,32)/t22-/m0/s1. The Morgan fingerprint density at radius 1 is 0.944 bits per heavy atom. The molecule has 4 rings (SSSR count). The van der Waals surface area contributed by atoms with Crippen molar-refractivity contribution in [2.45, 2.75) is 19.0 Å². The number of methoxy groups -OCH3 is 1. The number of anilines is 2. The molecule has 3 aromatic carbocycles. The molecule has 36 heavy (non-hydrogen) atoms.